The molecule has 1 aliphatic carbocycles. The number of aliphatic hydroxyl groups is 1. The summed E-state index contributed by atoms with van der Waals surface area (Å²) in [6.45, 7) is 1.79. The zero-order valence-corrected chi connectivity index (χ0v) is 14.9. The molecule has 1 saturated carbocycles. The molecule has 2 heterocycles. The van der Waals surface area contributed by atoms with Gasteiger partial charge >= 0.3 is 0 Å². The minimum Gasteiger partial charge on any atom is -0.390 e. The molecular formula is C20H27N3O2. The van der Waals surface area contributed by atoms with Crippen molar-refractivity contribution in [2.75, 3.05) is 20.1 Å². The van der Waals surface area contributed by atoms with Gasteiger partial charge in [0.15, 0.2) is 0 Å². The molecule has 0 unspecified atom stereocenters. The summed E-state index contributed by atoms with van der Waals surface area (Å²) in [7, 11) is 1.85. The Kier molecular flexibility index (Phi) is 4.52. The molecule has 25 heavy (non-hydrogen) atoms. The molecule has 1 atom stereocenters. The molecule has 134 valence electrons. The van der Waals surface area contributed by atoms with Crippen molar-refractivity contribution in [3.05, 3.63) is 35.5 Å². The van der Waals surface area contributed by atoms with Gasteiger partial charge in [-0.1, -0.05) is 31.0 Å². The Bertz CT molecular complexity index is 777. The summed E-state index contributed by atoms with van der Waals surface area (Å²) >= 11 is 0. The number of rotatable bonds is 5. The molecule has 0 bridgehead atoms. The van der Waals surface area contributed by atoms with Gasteiger partial charge in [0.2, 0.25) is 0 Å². The Morgan fingerprint density at radius 2 is 2.04 bits per heavy atom. The van der Waals surface area contributed by atoms with Crippen LogP contribution in [0.4, 0.5) is 0 Å². The van der Waals surface area contributed by atoms with Crippen LogP contribution in [0, 0.1) is 0 Å². The summed E-state index contributed by atoms with van der Waals surface area (Å²) < 4.78 is 2.03. The van der Waals surface area contributed by atoms with E-state index in [-0.39, 0.29) is 5.91 Å². The molecule has 1 aliphatic heterocycles. The van der Waals surface area contributed by atoms with E-state index < -0.39 is 6.10 Å². The lowest BCUT2D eigenvalue weighted by Crippen LogP contribution is -2.38. The van der Waals surface area contributed by atoms with E-state index in [1.54, 1.807) is 4.90 Å². The highest BCUT2D eigenvalue weighted by Crippen LogP contribution is 2.30. The van der Waals surface area contributed by atoms with Crippen LogP contribution in [0.2, 0.25) is 0 Å². The van der Waals surface area contributed by atoms with Crippen LogP contribution >= 0.6 is 0 Å². The van der Waals surface area contributed by atoms with Crippen molar-refractivity contribution in [3.8, 4) is 0 Å². The van der Waals surface area contributed by atoms with Gasteiger partial charge in [-0.3, -0.25) is 4.79 Å². The van der Waals surface area contributed by atoms with E-state index >= 15 is 0 Å². The number of amides is 1. The summed E-state index contributed by atoms with van der Waals surface area (Å²) in [6.07, 6.45) is 5.35. The largest absolute Gasteiger partial charge is 0.390 e. The molecule has 1 fully saturated rings. The zero-order valence-electron chi connectivity index (χ0n) is 14.9. The molecule has 2 N–H and O–H groups in total. The van der Waals surface area contributed by atoms with Crippen molar-refractivity contribution in [2.45, 2.75) is 50.8 Å². The van der Waals surface area contributed by atoms with Crippen LogP contribution in [0.3, 0.4) is 0 Å². The number of nitrogens with one attached hydrogen (secondary N) is 1. The minimum absolute atomic E-state index is 0.0633. The van der Waals surface area contributed by atoms with Crippen molar-refractivity contribution in [1.82, 2.24) is 14.8 Å². The second kappa shape index (κ2) is 6.81. The van der Waals surface area contributed by atoms with E-state index in [0.29, 0.717) is 19.1 Å². The van der Waals surface area contributed by atoms with Gasteiger partial charge < -0.3 is 19.9 Å². The first-order valence-corrected chi connectivity index (χ1v) is 9.42. The van der Waals surface area contributed by atoms with Crippen LogP contribution in [-0.2, 0) is 13.0 Å². The highest BCUT2D eigenvalue weighted by Gasteiger charge is 2.29. The summed E-state index contributed by atoms with van der Waals surface area (Å²) in [5, 5.41) is 15.2. The number of carbonyl (C=O) groups excluding carboxylic acids is 1. The van der Waals surface area contributed by atoms with E-state index in [1.165, 1.54) is 25.7 Å². The Morgan fingerprint density at radius 3 is 2.84 bits per heavy atom. The average Bonchev–Trinajstić information content (AvgIpc) is 3.24. The van der Waals surface area contributed by atoms with Crippen LogP contribution in [0.1, 0.15) is 41.7 Å². The topological polar surface area (TPSA) is 57.5 Å². The summed E-state index contributed by atoms with van der Waals surface area (Å²) in [6, 6.07) is 8.71. The molecule has 5 heteroatoms. The molecule has 1 aromatic heterocycles. The third kappa shape index (κ3) is 3.07. The standard InChI is InChI=1S/C20H27N3O2/c1-22-11-10-17-16-8-4-5-9-18(16)23(19(17)20(22)25)13-15(24)12-21-14-6-2-3-7-14/h4-5,8-9,14-15,21,24H,2-3,6-7,10-13H2,1H3/t15-/m0/s1. The fraction of sp³-hybridized carbons (Fsp3) is 0.550. The molecule has 4 rings (SSSR count). The normalized spacial score (nSPS) is 19.6. The van der Waals surface area contributed by atoms with Gasteiger partial charge in [-0.05, 0) is 30.9 Å². The molecule has 0 saturated heterocycles. The van der Waals surface area contributed by atoms with Gasteiger partial charge in [-0.15, -0.1) is 0 Å². The molecular weight excluding hydrogens is 314 g/mol. The van der Waals surface area contributed by atoms with Crippen molar-refractivity contribution >= 4 is 16.8 Å². The number of benzene rings is 1. The number of hydrogen-bond acceptors (Lipinski definition) is 3. The number of aromatic nitrogens is 1. The van der Waals surface area contributed by atoms with Crippen LogP contribution in [0.25, 0.3) is 10.9 Å². The van der Waals surface area contributed by atoms with Crippen molar-refractivity contribution in [1.29, 1.82) is 0 Å². The van der Waals surface area contributed by atoms with Gasteiger partial charge in [0.05, 0.1) is 12.6 Å². The number of fused-ring (bicyclic) bond motifs is 3. The second-order valence-electron chi connectivity index (χ2n) is 7.48. The van der Waals surface area contributed by atoms with E-state index in [9.17, 15) is 9.90 Å². The fourth-order valence-corrected chi connectivity index (χ4v) is 4.33. The van der Waals surface area contributed by atoms with Crippen molar-refractivity contribution < 1.29 is 9.90 Å². The van der Waals surface area contributed by atoms with Crippen LogP contribution in [-0.4, -0.2) is 52.8 Å². The third-order valence-corrected chi connectivity index (χ3v) is 5.71. The van der Waals surface area contributed by atoms with Gasteiger partial charge in [0.25, 0.3) is 5.91 Å². The first-order chi connectivity index (χ1) is 12.1. The minimum atomic E-state index is -0.500. The lowest BCUT2D eigenvalue weighted by atomic mass is 10.0. The smallest absolute Gasteiger partial charge is 0.270 e. The third-order valence-electron chi connectivity index (χ3n) is 5.71. The average molecular weight is 341 g/mol. The monoisotopic (exact) mass is 341 g/mol. The maximum atomic E-state index is 12.8. The summed E-state index contributed by atoms with van der Waals surface area (Å²) in [5.74, 6) is 0.0633. The molecule has 2 aromatic rings. The number of likely N-dealkylation sites (N-methyl/N-ethyl adjacent to an activating group) is 1. The molecule has 2 aliphatic rings. The Balaban J connectivity index is 1.61. The zero-order chi connectivity index (χ0) is 17.4. The molecule has 1 amide bonds. The first kappa shape index (κ1) is 16.6. The van der Waals surface area contributed by atoms with Crippen LogP contribution < -0.4 is 5.32 Å². The predicted molar refractivity (Wildman–Crippen MR) is 98.9 cm³/mol. The molecule has 0 spiro atoms. The second-order valence-corrected chi connectivity index (χ2v) is 7.48. The predicted octanol–water partition coefficient (Wildman–Crippen LogP) is 2.16. The fourth-order valence-electron chi connectivity index (χ4n) is 4.33. The Hall–Kier alpha value is -1.85. The quantitative estimate of drug-likeness (QED) is 0.876. The molecule has 1 aromatic carbocycles. The summed E-state index contributed by atoms with van der Waals surface area (Å²) in [4.78, 5) is 14.5. The maximum Gasteiger partial charge on any atom is 0.270 e. The van der Waals surface area contributed by atoms with Crippen LogP contribution in [0.15, 0.2) is 24.3 Å². The SMILES string of the molecule is CN1CCc2c(n(C[C@@H](O)CNC3CCCC3)c3ccccc23)C1=O. The van der Waals surface area contributed by atoms with Gasteiger partial charge in [0.1, 0.15) is 5.69 Å². The van der Waals surface area contributed by atoms with E-state index in [0.717, 1.165) is 35.1 Å². The van der Waals surface area contributed by atoms with E-state index in [2.05, 4.69) is 17.4 Å². The lowest BCUT2D eigenvalue weighted by Gasteiger charge is -2.25. The Morgan fingerprint density at radius 1 is 1.28 bits per heavy atom. The first-order valence-electron chi connectivity index (χ1n) is 9.42. The van der Waals surface area contributed by atoms with Gasteiger partial charge in [-0.25, -0.2) is 0 Å². The Labute approximate surface area is 148 Å². The van der Waals surface area contributed by atoms with E-state index in [4.69, 9.17) is 0 Å². The van der Waals surface area contributed by atoms with Crippen LogP contribution in [0.5, 0.6) is 0 Å². The lowest BCUT2D eigenvalue weighted by molar-refractivity contribution is 0.0763. The highest BCUT2D eigenvalue weighted by molar-refractivity contribution is 6.02. The molecule has 0 radical (unpaired) electrons. The highest BCUT2D eigenvalue weighted by atomic mass is 16.3. The number of hydrogen-bond donors (Lipinski definition) is 2. The molecule has 5 nitrogen and oxygen atoms in total. The maximum absolute atomic E-state index is 12.8. The number of para-hydroxylation sites is 1. The van der Waals surface area contributed by atoms with E-state index in [1.807, 2.05) is 23.7 Å². The van der Waals surface area contributed by atoms with Gasteiger partial charge in [-0.2, -0.15) is 0 Å². The van der Waals surface area contributed by atoms with Crippen molar-refractivity contribution in [2.24, 2.45) is 0 Å². The van der Waals surface area contributed by atoms with Gasteiger partial charge in [0, 0.05) is 37.1 Å². The number of nitrogens with zero attached hydrogens (tertiary/aromatic N) is 2. The van der Waals surface area contributed by atoms with Crippen molar-refractivity contribution in [3.63, 3.8) is 0 Å². The number of aliphatic hydroxyl groups excluding tert-OH is 1. The number of carbonyl (C=O) groups is 1. The summed E-state index contributed by atoms with van der Waals surface area (Å²) in [5.41, 5.74) is 2.94.